The number of alkyl halides is 1. The number of hydrogen-bond donors (Lipinski definition) is 0. The van der Waals surface area contributed by atoms with Gasteiger partial charge in [-0.1, -0.05) is 20.4 Å². The highest BCUT2D eigenvalue weighted by Crippen LogP contribution is 2.35. The fraction of sp³-hybridized carbons (Fsp3) is 0.778. The smallest absolute Gasteiger partial charge is 0.0831 e. The zero-order chi connectivity index (χ0) is 9.97. The first-order chi connectivity index (χ1) is 6.79. The molecule has 1 saturated heterocycles. The van der Waals surface area contributed by atoms with Crippen LogP contribution >= 0.6 is 27.5 Å². The summed E-state index contributed by atoms with van der Waals surface area (Å²) in [4.78, 5) is 1.64. The molecule has 1 atom stereocenters. The summed E-state index contributed by atoms with van der Waals surface area (Å²) in [5.74, 6) is 0.553. The lowest BCUT2D eigenvalue weighted by Gasteiger charge is -2.21. The number of rotatable bonds is 2. The summed E-state index contributed by atoms with van der Waals surface area (Å²) in [5.41, 5.74) is 1.18. The van der Waals surface area contributed by atoms with Crippen molar-refractivity contribution in [3.63, 3.8) is 0 Å². The van der Waals surface area contributed by atoms with Crippen molar-refractivity contribution in [2.24, 2.45) is 0 Å². The predicted octanol–water partition coefficient (Wildman–Crippen LogP) is 2.89. The average molecular weight is 277 g/mol. The minimum absolute atomic E-state index is 0.361. The van der Waals surface area contributed by atoms with Crippen LogP contribution in [0, 0.1) is 0 Å². The number of hydrogen-bond acceptors (Lipinski definition) is 4. The molecule has 0 aromatic carbocycles. The van der Waals surface area contributed by atoms with Crippen LogP contribution in [-0.4, -0.2) is 22.8 Å². The van der Waals surface area contributed by atoms with Gasteiger partial charge in [0.1, 0.15) is 0 Å². The van der Waals surface area contributed by atoms with Crippen molar-refractivity contribution >= 4 is 27.5 Å². The lowest BCUT2D eigenvalue weighted by molar-refractivity contribution is 0.0843. The van der Waals surface area contributed by atoms with Crippen molar-refractivity contribution in [1.29, 1.82) is 0 Å². The van der Waals surface area contributed by atoms with Gasteiger partial charge in [0.15, 0.2) is 0 Å². The van der Waals surface area contributed by atoms with Gasteiger partial charge in [0, 0.05) is 24.0 Å². The summed E-state index contributed by atoms with van der Waals surface area (Å²) in [6.45, 7) is 3.84. The molecule has 1 unspecified atom stereocenters. The molecule has 1 aliphatic rings. The lowest BCUT2D eigenvalue weighted by Crippen LogP contribution is -2.15. The van der Waals surface area contributed by atoms with Crippen molar-refractivity contribution < 1.29 is 4.74 Å². The van der Waals surface area contributed by atoms with Gasteiger partial charge in [-0.3, -0.25) is 0 Å². The van der Waals surface area contributed by atoms with Crippen molar-refractivity contribution in [3.8, 4) is 0 Å². The van der Waals surface area contributed by atoms with Crippen LogP contribution < -0.4 is 0 Å². The van der Waals surface area contributed by atoms with Crippen LogP contribution in [0.4, 0.5) is 0 Å². The molecular weight excluding hydrogens is 264 g/mol. The van der Waals surface area contributed by atoms with Crippen LogP contribution in [-0.2, 0) is 4.74 Å². The third kappa shape index (κ3) is 2.15. The third-order valence-corrected chi connectivity index (χ3v) is 4.19. The van der Waals surface area contributed by atoms with Crippen LogP contribution in [0.5, 0.6) is 0 Å². The van der Waals surface area contributed by atoms with Gasteiger partial charge in [-0.25, -0.2) is 0 Å². The summed E-state index contributed by atoms with van der Waals surface area (Å²) >= 11 is 5.08. The summed E-state index contributed by atoms with van der Waals surface area (Å²) < 4.78 is 9.38. The van der Waals surface area contributed by atoms with Crippen molar-refractivity contribution in [3.05, 3.63) is 10.6 Å². The molecule has 0 saturated carbocycles. The molecule has 5 heteroatoms. The van der Waals surface area contributed by atoms with Crippen LogP contribution in [0.15, 0.2) is 0 Å². The molecule has 14 heavy (non-hydrogen) atoms. The molecule has 0 amide bonds. The first-order valence-corrected chi connectivity index (χ1v) is 6.52. The van der Waals surface area contributed by atoms with E-state index in [1.54, 1.807) is 0 Å². The Hall–Kier alpha value is -0.0000000000000000763. The molecular formula is C9H13BrN2OS. The SMILES string of the molecule is CC(Br)c1snnc1C1CCOCC1. The monoisotopic (exact) mass is 276 g/mol. The minimum Gasteiger partial charge on any atom is -0.381 e. The van der Waals surface area contributed by atoms with Crippen molar-refractivity contribution in [2.45, 2.75) is 30.5 Å². The fourth-order valence-corrected chi connectivity index (χ4v) is 2.88. The molecule has 1 aliphatic heterocycles. The second-order valence-corrected chi connectivity index (χ2v) is 5.68. The second-order valence-electron chi connectivity index (χ2n) is 3.53. The number of nitrogens with zero attached hydrogens (tertiary/aromatic N) is 2. The highest BCUT2D eigenvalue weighted by Gasteiger charge is 2.23. The summed E-state index contributed by atoms with van der Waals surface area (Å²) in [7, 11) is 0. The molecule has 0 aliphatic carbocycles. The second kappa shape index (κ2) is 4.68. The summed E-state index contributed by atoms with van der Waals surface area (Å²) in [6, 6.07) is 0. The van der Waals surface area contributed by atoms with Crippen molar-refractivity contribution in [1.82, 2.24) is 9.59 Å². The predicted molar refractivity (Wildman–Crippen MR) is 60.0 cm³/mol. The Morgan fingerprint density at radius 2 is 2.21 bits per heavy atom. The molecule has 1 fully saturated rings. The van der Waals surface area contributed by atoms with Gasteiger partial charge in [-0.2, -0.15) is 0 Å². The summed E-state index contributed by atoms with van der Waals surface area (Å²) in [6.07, 6.45) is 2.16. The van der Waals surface area contributed by atoms with E-state index in [0.717, 1.165) is 26.1 Å². The first kappa shape index (κ1) is 10.5. The zero-order valence-electron chi connectivity index (χ0n) is 8.07. The molecule has 1 aromatic rings. The molecule has 0 spiro atoms. The maximum absolute atomic E-state index is 5.34. The van der Waals surface area contributed by atoms with Gasteiger partial charge in [0.05, 0.1) is 10.6 Å². The van der Waals surface area contributed by atoms with E-state index in [4.69, 9.17) is 4.74 Å². The van der Waals surface area contributed by atoms with E-state index in [9.17, 15) is 0 Å². The maximum Gasteiger partial charge on any atom is 0.0831 e. The van der Waals surface area contributed by atoms with Gasteiger partial charge in [-0.15, -0.1) is 5.10 Å². The standard InChI is InChI=1S/C9H13BrN2OS/c1-6(10)9-8(11-12-14-9)7-2-4-13-5-3-7/h6-7H,2-5H2,1H3. The highest BCUT2D eigenvalue weighted by atomic mass is 79.9. The van der Waals surface area contributed by atoms with E-state index in [1.807, 2.05) is 0 Å². The molecule has 2 heterocycles. The molecule has 0 bridgehead atoms. The van der Waals surface area contributed by atoms with E-state index in [-0.39, 0.29) is 0 Å². The Labute approximate surface area is 96.2 Å². The largest absolute Gasteiger partial charge is 0.381 e. The molecule has 1 aromatic heterocycles. The van der Waals surface area contributed by atoms with Crippen LogP contribution in [0.1, 0.15) is 41.1 Å². The van der Waals surface area contributed by atoms with Crippen molar-refractivity contribution in [2.75, 3.05) is 13.2 Å². The topological polar surface area (TPSA) is 35.0 Å². The quantitative estimate of drug-likeness (QED) is 0.780. The van der Waals surface area contributed by atoms with Gasteiger partial charge >= 0.3 is 0 Å². The van der Waals surface area contributed by atoms with E-state index < -0.39 is 0 Å². The fourth-order valence-electron chi connectivity index (χ4n) is 1.73. The van der Waals surface area contributed by atoms with Gasteiger partial charge in [-0.05, 0) is 31.3 Å². The lowest BCUT2D eigenvalue weighted by atomic mass is 9.95. The van der Waals surface area contributed by atoms with Gasteiger partial charge in [0.25, 0.3) is 0 Å². The molecule has 0 radical (unpaired) electrons. The van der Waals surface area contributed by atoms with Crippen LogP contribution in [0.2, 0.25) is 0 Å². The van der Waals surface area contributed by atoms with Gasteiger partial charge < -0.3 is 4.74 Å². The molecule has 78 valence electrons. The Balaban J connectivity index is 2.17. The zero-order valence-corrected chi connectivity index (χ0v) is 10.5. The molecule has 2 rings (SSSR count). The Kier molecular flexibility index (Phi) is 3.52. The highest BCUT2D eigenvalue weighted by molar-refractivity contribution is 9.09. The van der Waals surface area contributed by atoms with E-state index >= 15 is 0 Å². The number of ether oxygens (including phenoxy) is 1. The van der Waals surface area contributed by atoms with E-state index in [1.165, 1.54) is 22.1 Å². The van der Waals surface area contributed by atoms with E-state index in [2.05, 4.69) is 32.4 Å². The average Bonchev–Trinajstić information content (AvgIpc) is 2.67. The Morgan fingerprint density at radius 3 is 2.86 bits per heavy atom. The Bertz CT molecular complexity index is 297. The maximum atomic E-state index is 5.34. The van der Waals surface area contributed by atoms with Gasteiger partial charge in [0.2, 0.25) is 0 Å². The normalized spacial score (nSPS) is 21.0. The van der Waals surface area contributed by atoms with Crippen LogP contribution in [0.3, 0.4) is 0 Å². The minimum atomic E-state index is 0.361. The first-order valence-electron chi connectivity index (χ1n) is 4.83. The molecule has 0 N–H and O–H groups in total. The van der Waals surface area contributed by atoms with Crippen LogP contribution in [0.25, 0.3) is 0 Å². The molecule has 3 nitrogen and oxygen atoms in total. The summed E-state index contributed by atoms with van der Waals surface area (Å²) in [5, 5.41) is 4.24. The number of halogens is 1. The number of aromatic nitrogens is 2. The van der Waals surface area contributed by atoms with E-state index in [0.29, 0.717) is 10.7 Å². The third-order valence-electron chi connectivity index (χ3n) is 2.51. The Morgan fingerprint density at radius 1 is 1.50 bits per heavy atom.